The van der Waals surface area contributed by atoms with Crippen LogP contribution in [-0.2, 0) is 26.7 Å². The first-order valence-corrected chi connectivity index (χ1v) is 13.2. The van der Waals surface area contributed by atoms with E-state index in [1.165, 1.54) is 17.7 Å². The molecule has 0 saturated heterocycles. The maximum absolute atomic E-state index is 13.4. The summed E-state index contributed by atoms with van der Waals surface area (Å²) in [5.41, 5.74) is 2.80. The first kappa shape index (κ1) is 26.3. The molecule has 0 aliphatic rings. The van der Waals surface area contributed by atoms with Crippen LogP contribution in [0.1, 0.15) is 38.8 Å². The zero-order valence-corrected chi connectivity index (χ0v) is 21.6. The molecule has 0 unspecified atom stereocenters. The molecular formula is C28H34N2O4S. The summed E-state index contributed by atoms with van der Waals surface area (Å²) in [5, 5.41) is 2.76. The lowest BCUT2D eigenvalue weighted by atomic mass is 9.87. The van der Waals surface area contributed by atoms with Crippen LogP contribution in [-0.4, -0.2) is 34.0 Å². The van der Waals surface area contributed by atoms with Crippen LogP contribution in [0.5, 0.6) is 5.75 Å². The van der Waals surface area contributed by atoms with Gasteiger partial charge in [0.15, 0.2) is 0 Å². The number of ether oxygens (including phenoxy) is 1. The number of benzene rings is 3. The highest BCUT2D eigenvalue weighted by Gasteiger charge is 2.27. The monoisotopic (exact) mass is 494 g/mol. The second-order valence-corrected chi connectivity index (χ2v) is 11.2. The highest BCUT2D eigenvalue weighted by atomic mass is 32.2. The van der Waals surface area contributed by atoms with Gasteiger partial charge in [0.2, 0.25) is 5.91 Å². The third kappa shape index (κ3) is 7.09. The molecule has 186 valence electrons. The Morgan fingerprint density at radius 3 is 2.11 bits per heavy atom. The number of rotatable bonds is 10. The van der Waals surface area contributed by atoms with Gasteiger partial charge in [0.05, 0.1) is 17.1 Å². The van der Waals surface area contributed by atoms with Gasteiger partial charge in [-0.15, -0.1) is 0 Å². The van der Waals surface area contributed by atoms with E-state index in [2.05, 4.69) is 26.1 Å². The van der Waals surface area contributed by atoms with E-state index in [0.717, 1.165) is 22.0 Å². The summed E-state index contributed by atoms with van der Waals surface area (Å²) in [6, 6.07) is 23.2. The first-order chi connectivity index (χ1) is 16.6. The van der Waals surface area contributed by atoms with Crippen molar-refractivity contribution in [3.05, 3.63) is 90.0 Å². The van der Waals surface area contributed by atoms with Gasteiger partial charge in [0.1, 0.15) is 18.9 Å². The lowest BCUT2D eigenvalue weighted by molar-refractivity contribution is -0.119. The van der Waals surface area contributed by atoms with Crippen LogP contribution >= 0.6 is 0 Å². The Balaban J connectivity index is 1.64. The average molecular weight is 495 g/mol. The number of aryl methyl sites for hydroxylation is 1. The van der Waals surface area contributed by atoms with Crippen LogP contribution in [0.3, 0.4) is 0 Å². The fourth-order valence-corrected chi connectivity index (χ4v) is 4.97. The quantitative estimate of drug-likeness (QED) is 0.405. The van der Waals surface area contributed by atoms with Crippen molar-refractivity contribution >= 4 is 21.6 Å². The van der Waals surface area contributed by atoms with Crippen LogP contribution in [0.2, 0.25) is 0 Å². The number of carbonyl (C=O) groups is 1. The lowest BCUT2D eigenvalue weighted by Crippen LogP contribution is -2.41. The van der Waals surface area contributed by atoms with E-state index >= 15 is 0 Å². The smallest absolute Gasteiger partial charge is 0.264 e. The van der Waals surface area contributed by atoms with E-state index in [9.17, 15) is 13.2 Å². The fraction of sp³-hybridized carbons (Fsp3) is 0.321. The molecule has 1 N–H and O–H groups in total. The molecule has 6 nitrogen and oxygen atoms in total. The van der Waals surface area contributed by atoms with Gasteiger partial charge in [-0.2, -0.15) is 0 Å². The van der Waals surface area contributed by atoms with E-state index in [1.807, 2.05) is 43.3 Å². The number of nitrogens with zero attached hydrogens (tertiary/aromatic N) is 1. The van der Waals surface area contributed by atoms with Crippen LogP contribution in [0, 0.1) is 0 Å². The highest BCUT2D eigenvalue weighted by molar-refractivity contribution is 7.92. The predicted molar refractivity (Wildman–Crippen MR) is 140 cm³/mol. The van der Waals surface area contributed by atoms with Crippen LogP contribution in [0.4, 0.5) is 5.69 Å². The molecule has 0 aliphatic carbocycles. The Morgan fingerprint density at radius 1 is 0.914 bits per heavy atom. The minimum Gasteiger partial charge on any atom is -0.492 e. The van der Waals surface area contributed by atoms with Gasteiger partial charge in [-0.05, 0) is 59.4 Å². The van der Waals surface area contributed by atoms with Crippen LogP contribution < -0.4 is 14.4 Å². The van der Waals surface area contributed by atoms with Crippen molar-refractivity contribution in [3.63, 3.8) is 0 Å². The van der Waals surface area contributed by atoms with E-state index in [4.69, 9.17) is 4.74 Å². The molecule has 0 atom stereocenters. The number of nitrogens with one attached hydrogen (secondary N) is 1. The normalized spacial score (nSPS) is 11.7. The minimum absolute atomic E-state index is 0.0648. The number of amides is 1. The Morgan fingerprint density at radius 2 is 1.54 bits per heavy atom. The maximum Gasteiger partial charge on any atom is 0.264 e. The third-order valence-electron chi connectivity index (χ3n) is 5.66. The van der Waals surface area contributed by atoms with Crippen molar-refractivity contribution in [1.82, 2.24) is 5.32 Å². The minimum atomic E-state index is -3.92. The molecule has 35 heavy (non-hydrogen) atoms. The molecular weight excluding hydrogens is 460 g/mol. The van der Waals surface area contributed by atoms with Gasteiger partial charge >= 0.3 is 0 Å². The number of anilines is 1. The molecule has 3 aromatic rings. The summed E-state index contributed by atoms with van der Waals surface area (Å²) in [6.45, 7) is 8.68. The largest absolute Gasteiger partial charge is 0.492 e. The summed E-state index contributed by atoms with van der Waals surface area (Å²) in [5.74, 6) is 0.312. The van der Waals surface area contributed by atoms with Gasteiger partial charge in [0.25, 0.3) is 10.0 Å². The summed E-state index contributed by atoms with van der Waals surface area (Å²) >= 11 is 0. The molecule has 0 aromatic heterocycles. The van der Waals surface area contributed by atoms with E-state index in [0.29, 0.717) is 5.69 Å². The van der Waals surface area contributed by atoms with Crippen LogP contribution in [0.15, 0.2) is 83.8 Å². The van der Waals surface area contributed by atoms with Crippen molar-refractivity contribution in [2.45, 2.75) is 44.4 Å². The zero-order valence-electron chi connectivity index (χ0n) is 20.8. The molecule has 3 rings (SSSR count). The maximum atomic E-state index is 13.4. The second-order valence-electron chi connectivity index (χ2n) is 9.32. The topological polar surface area (TPSA) is 75.7 Å². The summed E-state index contributed by atoms with van der Waals surface area (Å²) in [4.78, 5) is 12.9. The molecule has 0 saturated carbocycles. The Hall–Kier alpha value is -3.32. The van der Waals surface area contributed by atoms with Gasteiger partial charge < -0.3 is 10.1 Å². The Labute approximate surface area is 209 Å². The first-order valence-electron chi connectivity index (χ1n) is 11.8. The van der Waals surface area contributed by atoms with E-state index < -0.39 is 15.9 Å². The molecule has 7 heteroatoms. The van der Waals surface area contributed by atoms with Gasteiger partial charge in [0, 0.05) is 0 Å². The second kappa shape index (κ2) is 11.4. The zero-order chi connectivity index (χ0) is 25.5. The SMILES string of the molecule is CCc1ccc(N(CC(=O)NCCOc2ccc(C(C)(C)C)cc2)S(=O)(=O)c2ccccc2)cc1. The number of carbonyl (C=O) groups excluding carboxylic acids is 1. The van der Waals surface area contributed by atoms with Crippen molar-refractivity contribution in [3.8, 4) is 5.75 Å². The summed E-state index contributed by atoms with van der Waals surface area (Å²) in [7, 11) is -3.92. The average Bonchev–Trinajstić information content (AvgIpc) is 2.85. The predicted octanol–water partition coefficient (Wildman–Crippen LogP) is 4.94. The molecule has 0 heterocycles. The highest BCUT2D eigenvalue weighted by Crippen LogP contribution is 2.25. The molecule has 0 fully saturated rings. The fourth-order valence-electron chi connectivity index (χ4n) is 3.53. The van der Waals surface area contributed by atoms with Crippen molar-refractivity contribution in [1.29, 1.82) is 0 Å². The Kier molecular flexibility index (Phi) is 8.57. The molecule has 0 radical (unpaired) electrons. The van der Waals surface area contributed by atoms with E-state index in [1.54, 1.807) is 30.3 Å². The van der Waals surface area contributed by atoms with Gasteiger partial charge in [-0.25, -0.2) is 8.42 Å². The summed E-state index contributed by atoms with van der Waals surface area (Å²) in [6.07, 6.45) is 0.838. The lowest BCUT2D eigenvalue weighted by Gasteiger charge is -2.24. The third-order valence-corrected chi connectivity index (χ3v) is 7.45. The molecule has 1 amide bonds. The molecule has 0 spiro atoms. The number of hydrogen-bond acceptors (Lipinski definition) is 4. The van der Waals surface area contributed by atoms with Gasteiger partial charge in [-0.1, -0.05) is 70.2 Å². The molecule has 3 aromatic carbocycles. The standard InChI is InChI=1S/C28H34N2O4S/c1-5-22-11-15-24(16-12-22)30(35(32,33)26-9-7-6-8-10-26)21-27(31)29-19-20-34-25-17-13-23(14-18-25)28(2,3)4/h6-18H,5,19-21H2,1-4H3,(H,29,31). The Bertz CT molecular complexity index is 1200. The van der Waals surface area contributed by atoms with Crippen molar-refractivity contribution < 1.29 is 17.9 Å². The molecule has 0 aliphatic heterocycles. The number of hydrogen-bond donors (Lipinski definition) is 1. The molecule has 0 bridgehead atoms. The van der Waals surface area contributed by atoms with E-state index in [-0.39, 0.29) is 30.0 Å². The van der Waals surface area contributed by atoms with Crippen molar-refractivity contribution in [2.24, 2.45) is 0 Å². The summed E-state index contributed by atoms with van der Waals surface area (Å²) < 4.78 is 33.6. The van der Waals surface area contributed by atoms with Gasteiger partial charge in [-0.3, -0.25) is 9.10 Å². The van der Waals surface area contributed by atoms with Crippen LogP contribution in [0.25, 0.3) is 0 Å². The van der Waals surface area contributed by atoms with Crippen molar-refractivity contribution in [2.75, 3.05) is 24.0 Å². The number of sulfonamides is 1.